The van der Waals surface area contributed by atoms with Gasteiger partial charge in [0.25, 0.3) is 11.8 Å². The van der Waals surface area contributed by atoms with E-state index in [-0.39, 0.29) is 18.4 Å². The molecule has 0 N–H and O–H groups in total. The first-order chi connectivity index (χ1) is 15.6. The van der Waals surface area contributed by atoms with Gasteiger partial charge in [-0.2, -0.15) is 0 Å². The van der Waals surface area contributed by atoms with E-state index >= 15 is 0 Å². The Balaban J connectivity index is 1.56. The second-order valence-corrected chi connectivity index (χ2v) is 8.48. The van der Waals surface area contributed by atoms with Gasteiger partial charge < -0.3 is 19.3 Å². The highest BCUT2D eigenvalue weighted by Crippen LogP contribution is 2.30. The minimum Gasteiger partial charge on any atom is -0.491 e. The lowest BCUT2D eigenvalue weighted by Crippen LogP contribution is -2.62. The van der Waals surface area contributed by atoms with Crippen LogP contribution in [0.2, 0.25) is 0 Å². The van der Waals surface area contributed by atoms with Gasteiger partial charge in [0.1, 0.15) is 12.4 Å². The summed E-state index contributed by atoms with van der Waals surface area (Å²) >= 11 is 0. The zero-order valence-corrected chi connectivity index (χ0v) is 18.8. The molecule has 1 spiro atoms. The van der Waals surface area contributed by atoms with Crippen LogP contribution in [0.1, 0.15) is 42.1 Å². The highest BCUT2D eigenvalue weighted by atomic mass is 16.5. The van der Waals surface area contributed by atoms with Gasteiger partial charge in [-0.15, -0.1) is 0 Å². The maximum absolute atomic E-state index is 13.7. The molecule has 0 aromatic heterocycles. The van der Waals surface area contributed by atoms with Crippen LogP contribution in [0, 0.1) is 0 Å². The van der Waals surface area contributed by atoms with Gasteiger partial charge in [-0.05, 0) is 56.4 Å². The number of aryl methyl sites for hydroxylation is 1. The number of rotatable bonds is 2. The second kappa shape index (κ2) is 10.2. The van der Waals surface area contributed by atoms with Crippen molar-refractivity contribution in [3.63, 3.8) is 0 Å². The van der Waals surface area contributed by atoms with Crippen LogP contribution in [0.25, 0.3) is 0 Å². The molecular weight excluding hydrogens is 404 g/mol. The van der Waals surface area contributed by atoms with Crippen LogP contribution < -0.4 is 4.74 Å². The predicted octanol–water partition coefficient (Wildman–Crippen LogP) is 3.55. The average Bonchev–Trinajstić information content (AvgIpc) is 2.84. The van der Waals surface area contributed by atoms with Gasteiger partial charge in [0.15, 0.2) is 5.60 Å². The molecule has 2 heterocycles. The molecule has 2 aliphatic heterocycles. The minimum atomic E-state index is -1.00. The number of hydrogen-bond donors (Lipinski definition) is 0. The largest absolute Gasteiger partial charge is 0.491 e. The second-order valence-electron chi connectivity index (χ2n) is 8.48. The minimum absolute atomic E-state index is 0.0389. The molecule has 32 heavy (non-hydrogen) atoms. The lowest BCUT2D eigenvalue weighted by atomic mass is 9.90. The first-order valence-electron chi connectivity index (χ1n) is 11.6. The van der Waals surface area contributed by atoms with Crippen LogP contribution in [0.15, 0.2) is 54.6 Å². The molecule has 0 bridgehead atoms. The van der Waals surface area contributed by atoms with Crippen LogP contribution in [0.3, 0.4) is 0 Å². The van der Waals surface area contributed by atoms with Gasteiger partial charge in [0.2, 0.25) is 0 Å². The van der Waals surface area contributed by atoms with E-state index in [1.54, 1.807) is 9.80 Å². The summed E-state index contributed by atoms with van der Waals surface area (Å²) in [5, 5.41) is 0. The first-order valence-corrected chi connectivity index (χ1v) is 11.6. The van der Waals surface area contributed by atoms with Crippen molar-refractivity contribution in [3.05, 3.63) is 65.7 Å². The molecule has 1 unspecified atom stereocenters. The summed E-state index contributed by atoms with van der Waals surface area (Å²) in [5.74, 6) is 0.815. The van der Waals surface area contributed by atoms with E-state index in [9.17, 15) is 9.59 Å². The van der Waals surface area contributed by atoms with Crippen LogP contribution in [-0.4, -0.2) is 66.6 Å². The van der Waals surface area contributed by atoms with Gasteiger partial charge in [-0.3, -0.25) is 9.59 Å². The number of benzene rings is 2. The molecule has 0 saturated carbocycles. The summed E-state index contributed by atoms with van der Waals surface area (Å²) in [7, 11) is 0. The Morgan fingerprint density at radius 1 is 1.00 bits per heavy atom. The molecule has 1 saturated heterocycles. The Hall–Kier alpha value is -2.86. The zero-order chi connectivity index (χ0) is 22.4. The molecule has 170 valence electrons. The Morgan fingerprint density at radius 3 is 2.59 bits per heavy atom. The third kappa shape index (κ3) is 4.80. The van der Waals surface area contributed by atoms with Gasteiger partial charge in [0.05, 0.1) is 19.7 Å². The maximum atomic E-state index is 13.7. The molecule has 6 nitrogen and oxygen atoms in total. The number of morpholine rings is 1. The van der Waals surface area contributed by atoms with E-state index in [0.29, 0.717) is 44.8 Å². The number of hydrogen-bond acceptors (Lipinski definition) is 4. The summed E-state index contributed by atoms with van der Waals surface area (Å²) in [6.45, 7) is 4.60. The fourth-order valence-electron chi connectivity index (χ4n) is 4.64. The standard InChI is InChI=1S/C26H32N2O4/c1-2-27-16-18-31-23-14-7-6-10-21(23)11-8-9-15-26(25(27)30)20-28(17-19-32-26)24(29)22-12-4-3-5-13-22/h3-7,10,12-14H,2,8-9,11,15-20H2,1H3. The van der Waals surface area contributed by atoms with E-state index in [4.69, 9.17) is 9.47 Å². The predicted molar refractivity (Wildman–Crippen MR) is 123 cm³/mol. The maximum Gasteiger partial charge on any atom is 0.256 e. The third-order valence-corrected chi connectivity index (χ3v) is 6.42. The molecule has 1 atom stereocenters. The summed E-state index contributed by atoms with van der Waals surface area (Å²) < 4.78 is 12.2. The summed E-state index contributed by atoms with van der Waals surface area (Å²) in [6.07, 6.45) is 3.26. The van der Waals surface area contributed by atoms with E-state index in [1.165, 1.54) is 5.56 Å². The van der Waals surface area contributed by atoms with Crippen molar-refractivity contribution in [2.75, 3.05) is 39.4 Å². The molecule has 6 heteroatoms. The Labute approximate surface area is 190 Å². The van der Waals surface area contributed by atoms with Crippen molar-refractivity contribution in [1.29, 1.82) is 0 Å². The van der Waals surface area contributed by atoms with Crippen molar-refractivity contribution in [2.45, 2.75) is 38.2 Å². The molecule has 2 amide bonds. The first kappa shape index (κ1) is 22.3. The monoisotopic (exact) mass is 436 g/mol. The van der Waals surface area contributed by atoms with Crippen molar-refractivity contribution in [1.82, 2.24) is 9.80 Å². The number of fused-ring (bicyclic) bond motifs is 1. The van der Waals surface area contributed by atoms with Gasteiger partial charge in [-0.1, -0.05) is 36.4 Å². The fourth-order valence-corrected chi connectivity index (χ4v) is 4.64. The number of nitrogens with zero attached hydrogens (tertiary/aromatic N) is 2. The highest BCUT2D eigenvalue weighted by Gasteiger charge is 2.46. The summed E-state index contributed by atoms with van der Waals surface area (Å²) in [4.78, 5) is 30.4. The van der Waals surface area contributed by atoms with Gasteiger partial charge >= 0.3 is 0 Å². The molecule has 1 fully saturated rings. The highest BCUT2D eigenvalue weighted by molar-refractivity contribution is 5.95. The van der Waals surface area contributed by atoms with Gasteiger partial charge in [-0.25, -0.2) is 0 Å². The van der Waals surface area contributed by atoms with Crippen LogP contribution >= 0.6 is 0 Å². The quantitative estimate of drug-likeness (QED) is 0.722. The molecule has 2 aliphatic rings. The molecule has 2 aromatic carbocycles. The average molecular weight is 437 g/mol. The number of carbonyl (C=O) groups is 2. The third-order valence-electron chi connectivity index (χ3n) is 6.42. The van der Waals surface area contributed by atoms with Crippen LogP contribution in [0.5, 0.6) is 5.75 Å². The van der Waals surface area contributed by atoms with Crippen LogP contribution in [-0.2, 0) is 16.0 Å². The Kier molecular flexibility index (Phi) is 7.10. The number of amides is 2. The number of ether oxygens (including phenoxy) is 2. The smallest absolute Gasteiger partial charge is 0.256 e. The van der Waals surface area contributed by atoms with E-state index in [2.05, 4.69) is 6.07 Å². The van der Waals surface area contributed by atoms with E-state index in [1.807, 2.05) is 55.5 Å². The van der Waals surface area contributed by atoms with Crippen molar-refractivity contribution in [2.24, 2.45) is 0 Å². The molecule has 0 radical (unpaired) electrons. The molecule has 4 rings (SSSR count). The zero-order valence-electron chi connectivity index (χ0n) is 18.8. The normalized spacial score (nSPS) is 22.5. The van der Waals surface area contributed by atoms with E-state index < -0.39 is 5.60 Å². The lowest BCUT2D eigenvalue weighted by Gasteiger charge is -2.44. The molecule has 0 aliphatic carbocycles. The SMILES string of the molecule is CCN1CCOc2ccccc2CCCCC2(CN(C(=O)c3ccccc3)CCO2)C1=O. The van der Waals surface area contributed by atoms with Crippen molar-refractivity contribution < 1.29 is 19.1 Å². The number of likely N-dealkylation sites (N-methyl/N-ethyl adjacent to an activating group) is 1. The number of carbonyl (C=O) groups excluding carboxylic acids is 2. The van der Waals surface area contributed by atoms with Crippen molar-refractivity contribution >= 4 is 11.8 Å². The van der Waals surface area contributed by atoms with E-state index in [0.717, 1.165) is 25.0 Å². The Morgan fingerprint density at radius 2 is 1.78 bits per heavy atom. The van der Waals surface area contributed by atoms with Crippen LogP contribution in [0.4, 0.5) is 0 Å². The Bertz CT molecular complexity index is 932. The fraction of sp³-hybridized carbons (Fsp3) is 0.462. The number of para-hydroxylation sites is 1. The summed E-state index contributed by atoms with van der Waals surface area (Å²) in [5.41, 5.74) is 0.835. The molecule has 2 aromatic rings. The molecular formula is C26H32N2O4. The lowest BCUT2D eigenvalue weighted by molar-refractivity contribution is -0.170. The summed E-state index contributed by atoms with van der Waals surface area (Å²) in [6, 6.07) is 17.4. The van der Waals surface area contributed by atoms with Gasteiger partial charge in [0, 0.05) is 18.7 Å². The topological polar surface area (TPSA) is 59.1 Å². The van der Waals surface area contributed by atoms with Crippen molar-refractivity contribution in [3.8, 4) is 5.75 Å².